The highest BCUT2D eigenvalue weighted by Gasteiger charge is 2.29. The number of carbonyl (C=O) groups excluding carboxylic acids is 3. The third-order valence-electron chi connectivity index (χ3n) is 5.16. The van der Waals surface area contributed by atoms with Gasteiger partial charge in [-0.2, -0.15) is 0 Å². The minimum atomic E-state index is -0.263. The maximum Gasteiger partial charge on any atom is 0.258 e. The molecule has 0 spiro atoms. The van der Waals surface area contributed by atoms with Crippen LogP contribution in [0, 0.1) is 11.8 Å². The van der Waals surface area contributed by atoms with Crippen molar-refractivity contribution in [3.8, 4) is 5.75 Å². The highest BCUT2D eigenvalue weighted by molar-refractivity contribution is 5.94. The molecule has 0 aliphatic heterocycles. The lowest BCUT2D eigenvalue weighted by molar-refractivity contribution is -0.123. The van der Waals surface area contributed by atoms with Gasteiger partial charge in [-0.1, -0.05) is 32.0 Å². The molecule has 0 aromatic heterocycles. The number of nitrogens with one attached hydrogen (secondary N) is 3. The van der Waals surface area contributed by atoms with Crippen LogP contribution in [0.25, 0.3) is 0 Å². The third kappa shape index (κ3) is 7.13. The minimum absolute atomic E-state index is 0.0207. The van der Waals surface area contributed by atoms with Crippen molar-refractivity contribution in [3.05, 3.63) is 54.1 Å². The predicted octanol–water partition coefficient (Wildman–Crippen LogP) is 3.71. The molecule has 0 bridgehead atoms. The van der Waals surface area contributed by atoms with E-state index < -0.39 is 0 Å². The number of anilines is 2. The van der Waals surface area contributed by atoms with Gasteiger partial charge in [0.25, 0.3) is 5.91 Å². The Labute approximate surface area is 182 Å². The maximum atomic E-state index is 12.2. The molecule has 1 aliphatic carbocycles. The Bertz CT molecular complexity index is 940. The van der Waals surface area contributed by atoms with Crippen LogP contribution in [0.4, 0.5) is 11.4 Å². The Morgan fingerprint density at radius 1 is 1.03 bits per heavy atom. The summed E-state index contributed by atoms with van der Waals surface area (Å²) in [6.45, 7) is 4.05. The van der Waals surface area contributed by atoms with Crippen LogP contribution in [0.15, 0.2) is 48.5 Å². The van der Waals surface area contributed by atoms with Crippen LogP contribution < -0.4 is 20.7 Å². The molecule has 7 heteroatoms. The molecular weight excluding hydrogens is 394 g/mol. The lowest BCUT2D eigenvalue weighted by atomic mass is 10.1. The molecule has 31 heavy (non-hydrogen) atoms. The van der Waals surface area contributed by atoms with Crippen LogP contribution in [0.2, 0.25) is 0 Å². The highest BCUT2D eigenvalue weighted by Crippen LogP contribution is 2.30. The standard InChI is InChI=1S/C24H29N3O4/c1-3-16(2)23(29)26-19-7-4-6-17(12-19)14-25-22(28)15-31-21-9-5-8-20(13-21)27-24(30)18-10-11-18/h4-9,12-13,16,18H,3,10-11,14-15H2,1-2H3,(H,25,28)(H,26,29)(H,27,30). The van der Waals surface area contributed by atoms with Gasteiger partial charge in [-0.15, -0.1) is 0 Å². The Hall–Kier alpha value is -3.35. The molecule has 1 atom stereocenters. The summed E-state index contributed by atoms with van der Waals surface area (Å²) < 4.78 is 5.55. The van der Waals surface area contributed by atoms with Gasteiger partial charge in [0, 0.05) is 35.8 Å². The fourth-order valence-electron chi connectivity index (χ4n) is 2.86. The van der Waals surface area contributed by atoms with Crippen LogP contribution >= 0.6 is 0 Å². The van der Waals surface area contributed by atoms with E-state index in [2.05, 4.69) is 16.0 Å². The van der Waals surface area contributed by atoms with E-state index in [0.717, 1.165) is 24.8 Å². The zero-order chi connectivity index (χ0) is 22.2. The van der Waals surface area contributed by atoms with E-state index in [4.69, 9.17) is 4.74 Å². The number of hydrogen-bond donors (Lipinski definition) is 3. The number of carbonyl (C=O) groups is 3. The Balaban J connectivity index is 1.44. The first-order valence-electron chi connectivity index (χ1n) is 10.6. The number of hydrogen-bond acceptors (Lipinski definition) is 4. The van der Waals surface area contributed by atoms with Crippen LogP contribution in [0.3, 0.4) is 0 Å². The van der Waals surface area contributed by atoms with Crippen molar-refractivity contribution in [3.63, 3.8) is 0 Å². The summed E-state index contributed by atoms with van der Waals surface area (Å²) in [5, 5.41) is 8.56. The van der Waals surface area contributed by atoms with Crippen molar-refractivity contribution >= 4 is 29.1 Å². The molecule has 1 saturated carbocycles. The first-order valence-corrected chi connectivity index (χ1v) is 10.6. The van der Waals surface area contributed by atoms with Crippen LogP contribution in [-0.2, 0) is 20.9 Å². The van der Waals surface area contributed by atoms with E-state index in [1.165, 1.54) is 0 Å². The van der Waals surface area contributed by atoms with E-state index >= 15 is 0 Å². The molecule has 3 rings (SSSR count). The first kappa shape index (κ1) is 22.3. The third-order valence-corrected chi connectivity index (χ3v) is 5.16. The zero-order valence-corrected chi connectivity index (χ0v) is 17.9. The molecule has 7 nitrogen and oxygen atoms in total. The van der Waals surface area contributed by atoms with Crippen molar-refractivity contribution in [2.75, 3.05) is 17.2 Å². The fourth-order valence-corrected chi connectivity index (χ4v) is 2.86. The highest BCUT2D eigenvalue weighted by atomic mass is 16.5. The average molecular weight is 424 g/mol. The van der Waals surface area contributed by atoms with E-state index in [-0.39, 0.29) is 36.2 Å². The Kier molecular flexibility index (Phi) is 7.65. The summed E-state index contributed by atoms with van der Waals surface area (Å²) in [5.41, 5.74) is 2.24. The second kappa shape index (κ2) is 10.6. The molecule has 1 unspecified atom stereocenters. The van der Waals surface area contributed by atoms with Gasteiger partial charge >= 0.3 is 0 Å². The lowest BCUT2D eigenvalue weighted by Gasteiger charge is -2.12. The molecule has 0 heterocycles. The van der Waals surface area contributed by atoms with Crippen LogP contribution in [0.5, 0.6) is 5.75 Å². The summed E-state index contributed by atoms with van der Waals surface area (Å²) in [6.07, 6.45) is 2.65. The summed E-state index contributed by atoms with van der Waals surface area (Å²) in [4.78, 5) is 36.1. The van der Waals surface area contributed by atoms with Gasteiger partial charge in [-0.05, 0) is 49.1 Å². The summed E-state index contributed by atoms with van der Waals surface area (Å²) >= 11 is 0. The average Bonchev–Trinajstić information content (AvgIpc) is 3.62. The second-order valence-electron chi connectivity index (χ2n) is 7.86. The zero-order valence-electron chi connectivity index (χ0n) is 17.9. The topological polar surface area (TPSA) is 96.5 Å². The van der Waals surface area contributed by atoms with Gasteiger partial charge in [-0.3, -0.25) is 14.4 Å². The largest absolute Gasteiger partial charge is 0.484 e. The van der Waals surface area contributed by atoms with Crippen LogP contribution in [-0.4, -0.2) is 24.3 Å². The number of amides is 3. The Morgan fingerprint density at radius 2 is 1.74 bits per heavy atom. The molecule has 0 radical (unpaired) electrons. The summed E-state index contributed by atoms with van der Waals surface area (Å²) in [6, 6.07) is 14.4. The fraction of sp³-hybridized carbons (Fsp3) is 0.375. The quantitative estimate of drug-likeness (QED) is 0.543. The van der Waals surface area contributed by atoms with Crippen molar-refractivity contribution in [2.24, 2.45) is 11.8 Å². The van der Waals surface area contributed by atoms with E-state index in [1.807, 2.05) is 38.1 Å². The van der Waals surface area contributed by atoms with Gasteiger partial charge in [-0.25, -0.2) is 0 Å². The number of rotatable bonds is 10. The molecule has 0 saturated heterocycles. The molecule has 2 aromatic rings. The molecule has 164 valence electrons. The first-order chi connectivity index (χ1) is 14.9. The molecule has 1 fully saturated rings. The summed E-state index contributed by atoms with van der Waals surface area (Å²) in [5.74, 6) is 0.323. The van der Waals surface area contributed by atoms with E-state index in [0.29, 0.717) is 23.7 Å². The predicted molar refractivity (Wildman–Crippen MR) is 120 cm³/mol. The van der Waals surface area contributed by atoms with Crippen LogP contribution in [0.1, 0.15) is 38.7 Å². The SMILES string of the molecule is CCC(C)C(=O)Nc1cccc(CNC(=O)COc2cccc(NC(=O)C3CC3)c2)c1. The van der Waals surface area contributed by atoms with Gasteiger partial charge in [0.05, 0.1) is 0 Å². The summed E-state index contributed by atoms with van der Waals surface area (Å²) in [7, 11) is 0. The number of ether oxygens (including phenoxy) is 1. The second-order valence-corrected chi connectivity index (χ2v) is 7.86. The van der Waals surface area contributed by atoms with Crippen molar-refractivity contribution in [1.29, 1.82) is 0 Å². The molecule has 1 aliphatic rings. The number of benzene rings is 2. The van der Waals surface area contributed by atoms with Crippen molar-refractivity contribution < 1.29 is 19.1 Å². The molecule has 3 N–H and O–H groups in total. The van der Waals surface area contributed by atoms with Gasteiger partial charge in [0.2, 0.25) is 11.8 Å². The molecular formula is C24H29N3O4. The normalized spacial score (nSPS) is 13.7. The molecule has 2 aromatic carbocycles. The smallest absolute Gasteiger partial charge is 0.258 e. The van der Waals surface area contributed by atoms with Gasteiger partial charge in [0.15, 0.2) is 6.61 Å². The van der Waals surface area contributed by atoms with Crippen molar-refractivity contribution in [2.45, 2.75) is 39.7 Å². The van der Waals surface area contributed by atoms with E-state index in [1.54, 1.807) is 24.3 Å². The van der Waals surface area contributed by atoms with E-state index in [9.17, 15) is 14.4 Å². The lowest BCUT2D eigenvalue weighted by Crippen LogP contribution is -2.28. The van der Waals surface area contributed by atoms with Gasteiger partial charge < -0.3 is 20.7 Å². The molecule has 3 amide bonds. The van der Waals surface area contributed by atoms with Crippen molar-refractivity contribution in [1.82, 2.24) is 5.32 Å². The van der Waals surface area contributed by atoms with Gasteiger partial charge in [0.1, 0.15) is 5.75 Å². The Morgan fingerprint density at radius 3 is 2.45 bits per heavy atom. The monoisotopic (exact) mass is 423 g/mol. The minimum Gasteiger partial charge on any atom is -0.484 e. The maximum absolute atomic E-state index is 12.2.